The van der Waals surface area contributed by atoms with Gasteiger partial charge in [-0.15, -0.1) is 5.10 Å². The van der Waals surface area contributed by atoms with Crippen molar-refractivity contribution in [1.29, 1.82) is 0 Å². The molecule has 0 bridgehead atoms. The number of furan rings is 1. The number of nitrogens with one attached hydrogen (secondary N) is 1. The van der Waals surface area contributed by atoms with Crippen LogP contribution in [-0.2, 0) is 7.05 Å². The average Bonchev–Trinajstić information content (AvgIpc) is 3.42. The minimum atomic E-state index is -1.25. The summed E-state index contributed by atoms with van der Waals surface area (Å²) in [6.45, 7) is 0. The lowest BCUT2D eigenvalue weighted by molar-refractivity contribution is -0.384. The number of methoxy groups -OCH3 is 2. The molecule has 4 aromatic rings. The van der Waals surface area contributed by atoms with Crippen LogP contribution < -0.4 is 19.5 Å². The third-order valence-electron chi connectivity index (χ3n) is 4.83. The standard InChI is InChI=1S/C21H15F2N5O8/c1-27-8-10(28(31)32)20(26-27)25-21(30)36-15-5-9-4-13(35-14(9)7-24-15)19(29)16-17(22)11(33-2)6-12(34-3)18(16)23/h4-8H,1-3H3,(H,25,26,30). The van der Waals surface area contributed by atoms with Crippen LogP contribution in [0.25, 0.3) is 11.0 Å². The summed E-state index contributed by atoms with van der Waals surface area (Å²) in [4.78, 5) is 39.2. The lowest BCUT2D eigenvalue weighted by Gasteiger charge is -2.10. The fraction of sp³-hybridized carbons (Fsp3) is 0.143. The van der Waals surface area contributed by atoms with E-state index in [4.69, 9.17) is 18.6 Å². The van der Waals surface area contributed by atoms with E-state index in [1.165, 1.54) is 19.2 Å². The fourth-order valence-electron chi connectivity index (χ4n) is 3.22. The van der Waals surface area contributed by atoms with E-state index in [-0.39, 0.29) is 22.7 Å². The van der Waals surface area contributed by atoms with E-state index < -0.39 is 56.9 Å². The number of aromatic nitrogens is 3. The Morgan fingerprint density at radius 1 is 1.14 bits per heavy atom. The van der Waals surface area contributed by atoms with E-state index in [2.05, 4.69) is 15.4 Å². The molecule has 1 amide bonds. The normalized spacial score (nSPS) is 10.8. The molecule has 0 atom stereocenters. The second-order valence-corrected chi connectivity index (χ2v) is 7.09. The van der Waals surface area contributed by atoms with Crippen LogP contribution in [0.2, 0.25) is 0 Å². The van der Waals surface area contributed by atoms with Gasteiger partial charge in [-0.2, -0.15) is 0 Å². The second-order valence-electron chi connectivity index (χ2n) is 7.09. The quantitative estimate of drug-likeness (QED) is 0.224. The maximum absolute atomic E-state index is 14.7. The summed E-state index contributed by atoms with van der Waals surface area (Å²) in [5.74, 6) is -5.51. The Hall–Kier alpha value is -5.08. The van der Waals surface area contributed by atoms with Crippen molar-refractivity contribution >= 4 is 34.4 Å². The highest BCUT2D eigenvalue weighted by Gasteiger charge is 2.29. The van der Waals surface area contributed by atoms with Gasteiger partial charge in [0.2, 0.25) is 17.5 Å². The van der Waals surface area contributed by atoms with Crippen LogP contribution in [0, 0.1) is 21.7 Å². The minimum absolute atomic E-state index is 0.0437. The summed E-state index contributed by atoms with van der Waals surface area (Å²) >= 11 is 0. The van der Waals surface area contributed by atoms with Crippen LogP contribution in [-0.4, -0.2) is 45.8 Å². The predicted molar refractivity (Wildman–Crippen MR) is 116 cm³/mol. The molecule has 36 heavy (non-hydrogen) atoms. The van der Waals surface area contributed by atoms with Crippen LogP contribution in [0.3, 0.4) is 0 Å². The summed E-state index contributed by atoms with van der Waals surface area (Å²) in [6.07, 6.45) is 1.07. The van der Waals surface area contributed by atoms with Crippen molar-refractivity contribution in [2.75, 3.05) is 19.5 Å². The van der Waals surface area contributed by atoms with Gasteiger partial charge in [-0.3, -0.25) is 24.9 Å². The van der Waals surface area contributed by atoms with E-state index in [0.29, 0.717) is 0 Å². The average molecular weight is 503 g/mol. The van der Waals surface area contributed by atoms with Gasteiger partial charge in [-0.1, -0.05) is 0 Å². The number of carbonyl (C=O) groups excluding carboxylic acids is 2. The van der Waals surface area contributed by atoms with Crippen molar-refractivity contribution in [3.8, 4) is 17.4 Å². The number of nitro groups is 1. The zero-order valence-electron chi connectivity index (χ0n) is 18.7. The number of aryl methyl sites for hydroxylation is 1. The van der Waals surface area contributed by atoms with E-state index >= 15 is 0 Å². The molecular formula is C21H15F2N5O8. The summed E-state index contributed by atoms with van der Waals surface area (Å²) in [5.41, 5.74) is -1.36. The lowest BCUT2D eigenvalue weighted by atomic mass is 10.1. The third-order valence-corrected chi connectivity index (χ3v) is 4.83. The SMILES string of the molecule is COc1cc(OC)c(F)c(C(=O)c2cc3cc(OC(=O)Nc4nn(C)cc4[N+](=O)[O-])ncc3o2)c1F. The summed E-state index contributed by atoms with van der Waals surface area (Å²) in [7, 11) is 3.71. The van der Waals surface area contributed by atoms with Crippen molar-refractivity contribution in [3.63, 3.8) is 0 Å². The van der Waals surface area contributed by atoms with Gasteiger partial charge in [0, 0.05) is 24.6 Å². The van der Waals surface area contributed by atoms with E-state index in [9.17, 15) is 28.5 Å². The molecule has 1 aromatic carbocycles. The molecular weight excluding hydrogens is 488 g/mol. The molecule has 4 rings (SSSR count). The number of ether oxygens (including phenoxy) is 3. The van der Waals surface area contributed by atoms with Gasteiger partial charge in [0.05, 0.1) is 25.3 Å². The minimum Gasteiger partial charge on any atom is -0.494 e. The van der Waals surface area contributed by atoms with Crippen LogP contribution in [0.5, 0.6) is 17.4 Å². The summed E-state index contributed by atoms with van der Waals surface area (Å²) in [6, 6.07) is 3.33. The smallest absolute Gasteiger partial charge is 0.419 e. The number of pyridine rings is 1. The number of nitrogens with zero attached hydrogens (tertiary/aromatic N) is 4. The van der Waals surface area contributed by atoms with Crippen LogP contribution in [0.1, 0.15) is 16.1 Å². The molecule has 13 nitrogen and oxygen atoms in total. The molecule has 1 N–H and O–H groups in total. The fourth-order valence-corrected chi connectivity index (χ4v) is 3.22. The Balaban J connectivity index is 1.60. The van der Waals surface area contributed by atoms with Crippen molar-refractivity contribution in [2.24, 2.45) is 7.05 Å². The highest BCUT2D eigenvalue weighted by Crippen LogP contribution is 2.34. The lowest BCUT2D eigenvalue weighted by Crippen LogP contribution is -2.18. The molecule has 0 spiro atoms. The molecule has 15 heteroatoms. The highest BCUT2D eigenvalue weighted by molar-refractivity contribution is 6.09. The number of benzene rings is 1. The van der Waals surface area contributed by atoms with Gasteiger partial charge in [-0.25, -0.2) is 18.6 Å². The van der Waals surface area contributed by atoms with Crippen molar-refractivity contribution in [2.45, 2.75) is 0 Å². The van der Waals surface area contributed by atoms with E-state index in [0.717, 1.165) is 37.4 Å². The maximum atomic E-state index is 14.7. The molecule has 3 aromatic heterocycles. The molecule has 0 aliphatic heterocycles. The van der Waals surface area contributed by atoms with Gasteiger partial charge in [-0.05, 0) is 6.07 Å². The van der Waals surface area contributed by atoms with Gasteiger partial charge in [0.1, 0.15) is 11.8 Å². The Morgan fingerprint density at radius 2 is 1.81 bits per heavy atom. The Morgan fingerprint density at radius 3 is 2.42 bits per heavy atom. The number of fused-ring (bicyclic) bond motifs is 1. The number of hydrogen-bond acceptors (Lipinski definition) is 10. The second kappa shape index (κ2) is 9.28. The first-order valence-corrected chi connectivity index (χ1v) is 9.84. The van der Waals surface area contributed by atoms with Gasteiger partial charge in [0.25, 0.3) is 0 Å². The molecule has 0 saturated heterocycles. The molecule has 0 radical (unpaired) electrons. The largest absolute Gasteiger partial charge is 0.494 e. The van der Waals surface area contributed by atoms with Crippen molar-refractivity contribution < 1.29 is 41.9 Å². The maximum Gasteiger partial charge on any atom is 0.419 e. The summed E-state index contributed by atoms with van der Waals surface area (Å²) in [5, 5.41) is 17.1. The predicted octanol–water partition coefficient (Wildman–Crippen LogP) is 3.61. The monoisotopic (exact) mass is 503 g/mol. The van der Waals surface area contributed by atoms with Gasteiger partial charge >= 0.3 is 11.8 Å². The zero-order valence-corrected chi connectivity index (χ0v) is 18.7. The highest BCUT2D eigenvalue weighted by atomic mass is 19.1. The molecule has 0 saturated carbocycles. The number of rotatable bonds is 7. The summed E-state index contributed by atoms with van der Waals surface area (Å²) < 4.78 is 50.6. The topological polar surface area (TPSA) is 161 Å². The molecule has 0 aliphatic rings. The number of ketones is 1. The number of carbonyl (C=O) groups is 2. The van der Waals surface area contributed by atoms with E-state index in [1.807, 2.05) is 0 Å². The number of anilines is 1. The van der Waals surface area contributed by atoms with Gasteiger partial charge < -0.3 is 18.6 Å². The zero-order chi connectivity index (χ0) is 26.1. The number of hydrogen-bond donors (Lipinski definition) is 1. The first kappa shape index (κ1) is 24.1. The van der Waals surface area contributed by atoms with Crippen molar-refractivity contribution in [1.82, 2.24) is 14.8 Å². The van der Waals surface area contributed by atoms with Crippen LogP contribution in [0.15, 0.2) is 35.0 Å². The van der Waals surface area contributed by atoms with Crippen LogP contribution >= 0.6 is 0 Å². The third kappa shape index (κ3) is 4.36. The number of halogens is 2. The molecule has 186 valence electrons. The Bertz CT molecular complexity index is 1500. The number of amides is 1. The Kier molecular flexibility index (Phi) is 6.20. The van der Waals surface area contributed by atoms with Crippen molar-refractivity contribution in [3.05, 3.63) is 63.7 Å². The first-order valence-electron chi connectivity index (χ1n) is 9.84. The Labute approximate surface area is 199 Å². The molecule has 3 heterocycles. The first-order chi connectivity index (χ1) is 17.1. The molecule has 0 unspecified atom stereocenters. The molecule has 0 aliphatic carbocycles. The van der Waals surface area contributed by atoms with Gasteiger partial charge in [0.15, 0.2) is 34.5 Å². The molecule has 0 fully saturated rings. The van der Waals surface area contributed by atoms with E-state index in [1.54, 1.807) is 0 Å². The van der Waals surface area contributed by atoms with Crippen LogP contribution in [0.4, 0.5) is 25.1 Å².